The Kier molecular flexibility index (Phi) is 6.14. The first kappa shape index (κ1) is 18.3. The minimum absolute atomic E-state index is 0.252. The van der Waals surface area contributed by atoms with E-state index in [1.807, 2.05) is 31.2 Å². The normalized spacial score (nSPS) is 11.0. The molecule has 0 saturated carbocycles. The van der Waals surface area contributed by atoms with Crippen molar-refractivity contribution in [2.24, 2.45) is 0 Å². The summed E-state index contributed by atoms with van der Waals surface area (Å²) in [6.07, 6.45) is 3.22. The Morgan fingerprint density at radius 2 is 1.88 bits per heavy atom. The van der Waals surface area contributed by atoms with Crippen LogP contribution in [0.25, 0.3) is 6.08 Å². The average Bonchev–Trinajstić information content (AvgIpc) is 3.08. The van der Waals surface area contributed by atoms with Gasteiger partial charge in [0.1, 0.15) is 5.82 Å². The molecule has 1 N–H and O–H groups in total. The van der Waals surface area contributed by atoms with Gasteiger partial charge in [0.15, 0.2) is 4.34 Å². The van der Waals surface area contributed by atoms with Crippen LogP contribution >= 0.6 is 23.1 Å². The van der Waals surface area contributed by atoms with Crippen molar-refractivity contribution in [3.05, 3.63) is 77.1 Å². The molecule has 0 bridgehead atoms. The Balaban J connectivity index is 1.51. The van der Waals surface area contributed by atoms with Crippen molar-refractivity contribution < 1.29 is 9.18 Å². The van der Waals surface area contributed by atoms with Gasteiger partial charge in [0.2, 0.25) is 11.0 Å². The van der Waals surface area contributed by atoms with E-state index in [1.54, 1.807) is 18.2 Å². The maximum absolute atomic E-state index is 12.9. The average molecular weight is 385 g/mol. The molecule has 1 heterocycles. The van der Waals surface area contributed by atoms with E-state index >= 15 is 0 Å². The highest BCUT2D eigenvalue weighted by Gasteiger charge is 2.07. The standard InChI is InChI=1S/C19H16FN3OS2/c1-13-2-4-14(5-3-13)8-11-17(24)21-18-22-23-19(26-18)25-12-15-6-9-16(20)10-7-15/h2-11H,12H2,1H3,(H,21,22,24). The second-order valence-electron chi connectivity index (χ2n) is 5.52. The predicted octanol–water partition coefficient (Wildman–Crippen LogP) is 4.93. The summed E-state index contributed by atoms with van der Waals surface area (Å²) >= 11 is 2.80. The smallest absolute Gasteiger partial charge is 0.250 e. The first-order chi connectivity index (χ1) is 12.6. The van der Waals surface area contributed by atoms with Gasteiger partial charge in [-0.2, -0.15) is 0 Å². The van der Waals surface area contributed by atoms with E-state index < -0.39 is 0 Å². The molecule has 0 aliphatic carbocycles. The van der Waals surface area contributed by atoms with Crippen LogP contribution in [0.4, 0.5) is 9.52 Å². The zero-order valence-electron chi connectivity index (χ0n) is 14.0. The van der Waals surface area contributed by atoms with Gasteiger partial charge >= 0.3 is 0 Å². The molecule has 0 aliphatic rings. The van der Waals surface area contributed by atoms with Crippen LogP contribution in [-0.2, 0) is 10.5 Å². The highest BCUT2D eigenvalue weighted by Crippen LogP contribution is 2.28. The molecule has 1 amide bonds. The topological polar surface area (TPSA) is 54.9 Å². The largest absolute Gasteiger partial charge is 0.297 e. The van der Waals surface area contributed by atoms with E-state index in [0.717, 1.165) is 15.5 Å². The Morgan fingerprint density at radius 1 is 1.15 bits per heavy atom. The van der Waals surface area contributed by atoms with Gasteiger partial charge < -0.3 is 0 Å². The second-order valence-corrected chi connectivity index (χ2v) is 7.72. The Labute approximate surface area is 159 Å². The molecular formula is C19H16FN3OS2. The number of halogens is 1. The lowest BCUT2D eigenvalue weighted by molar-refractivity contribution is -0.111. The van der Waals surface area contributed by atoms with Crippen LogP contribution in [0.15, 0.2) is 58.9 Å². The molecule has 0 atom stereocenters. The number of hydrogen-bond donors (Lipinski definition) is 1. The third-order valence-corrected chi connectivity index (χ3v) is 5.46. The second kappa shape index (κ2) is 8.73. The summed E-state index contributed by atoms with van der Waals surface area (Å²) in [4.78, 5) is 12.0. The highest BCUT2D eigenvalue weighted by atomic mass is 32.2. The summed E-state index contributed by atoms with van der Waals surface area (Å²) in [5, 5.41) is 11.2. The molecule has 0 radical (unpaired) electrons. The van der Waals surface area contributed by atoms with Gasteiger partial charge in [-0.25, -0.2) is 4.39 Å². The van der Waals surface area contributed by atoms with Crippen molar-refractivity contribution in [1.82, 2.24) is 10.2 Å². The number of benzene rings is 2. The molecule has 7 heteroatoms. The molecule has 26 heavy (non-hydrogen) atoms. The SMILES string of the molecule is Cc1ccc(C=CC(=O)Nc2nnc(SCc3ccc(F)cc3)s2)cc1. The van der Waals surface area contributed by atoms with Crippen molar-refractivity contribution >= 4 is 40.2 Å². The molecule has 0 aliphatic heterocycles. The van der Waals surface area contributed by atoms with Crippen LogP contribution < -0.4 is 5.32 Å². The minimum Gasteiger partial charge on any atom is -0.297 e. The van der Waals surface area contributed by atoms with Crippen molar-refractivity contribution in [3.8, 4) is 0 Å². The monoisotopic (exact) mass is 385 g/mol. The number of anilines is 1. The third-order valence-electron chi connectivity index (χ3n) is 3.42. The van der Waals surface area contributed by atoms with E-state index in [2.05, 4.69) is 15.5 Å². The fraction of sp³-hybridized carbons (Fsp3) is 0.105. The molecule has 3 rings (SSSR count). The van der Waals surface area contributed by atoms with Crippen LogP contribution in [0.3, 0.4) is 0 Å². The number of amides is 1. The maximum Gasteiger partial charge on any atom is 0.250 e. The van der Waals surface area contributed by atoms with E-state index in [4.69, 9.17) is 0 Å². The summed E-state index contributed by atoms with van der Waals surface area (Å²) in [6.45, 7) is 2.02. The van der Waals surface area contributed by atoms with Crippen molar-refractivity contribution in [2.45, 2.75) is 17.0 Å². The number of nitrogens with zero attached hydrogens (tertiary/aromatic N) is 2. The summed E-state index contributed by atoms with van der Waals surface area (Å²) in [6, 6.07) is 14.2. The fourth-order valence-corrected chi connectivity index (χ4v) is 3.75. The Bertz CT molecular complexity index is 905. The summed E-state index contributed by atoms with van der Waals surface area (Å²) in [5.41, 5.74) is 3.13. The van der Waals surface area contributed by atoms with Crippen molar-refractivity contribution in [3.63, 3.8) is 0 Å². The van der Waals surface area contributed by atoms with Gasteiger partial charge in [-0.15, -0.1) is 10.2 Å². The summed E-state index contributed by atoms with van der Waals surface area (Å²) in [7, 11) is 0. The molecule has 132 valence electrons. The van der Waals surface area contributed by atoms with Crippen LogP contribution in [0.2, 0.25) is 0 Å². The van der Waals surface area contributed by atoms with E-state index in [1.165, 1.54) is 46.9 Å². The number of rotatable bonds is 6. The zero-order chi connectivity index (χ0) is 18.4. The predicted molar refractivity (Wildman–Crippen MR) is 105 cm³/mol. The molecular weight excluding hydrogens is 369 g/mol. The Hall–Kier alpha value is -2.51. The number of nitrogens with one attached hydrogen (secondary N) is 1. The zero-order valence-corrected chi connectivity index (χ0v) is 15.6. The third kappa shape index (κ3) is 5.50. The van der Waals surface area contributed by atoms with Crippen LogP contribution in [0.5, 0.6) is 0 Å². The lowest BCUT2D eigenvalue weighted by Gasteiger charge is -1.98. The van der Waals surface area contributed by atoms with Gasteiger partial charge in [0, 0.05) is 11.8 Å². The highest BCUT2D eigenvalue weighted by molar-refractivity contribution is 8.00. The van der Waals surface area contributed by atoms with E-state index in [0.29, 0.717) is 10.9 Å². The molecule has 2 aromatic carbocycles. The van der Waals surface area contributed by atoms with Gasteiger partial charge in [0.25, 0.3) is 0 Å². The summed E-state index contributed by atoms with van der Waals surface area (Å²) in [5.74, 6) is 0.158. The van der Waals surface area contributed by atoms with Crippen LogP contribution in [0.1, 0.15) is 16.7 Å². The van der Waals surface area contributed by atoms with Crippen LogP contribution in [0, 0.1) is 12.7 Å². The molecule has 0 fully saturated rings. The lowest BCUT2D eigenvalue weighted by atomic mass is 10.1. The molecule has 4 nitrogen and oxygen atoms in total. The number of carbonyl (C=O) groups is 1. The maximum atomic E-state index is 12.9. The fourth-order valence-electron chi connectivity index (χ4n) is 2.04. The quantitative estimate of drug-likeness (QED) is 0.371. The minimum atomic E-state index is -0.253. The molecule has 0 unspecified atom stereocenters. The molecule has 0 spiro atoms. The molecule has 3 aromatic rings. The lowest BCUT2D eigenvalue weighted by Crippen LogP contribution is -2.07. The van der Waals surface area contributed by atoms with E-state index in [9.17, 15) is 9.18 Å². The number of carbonyl (C=O) groups excluding carboxylic acids is 1. The number of thioether (sulfide) groups is 1. The van der Waals surface area contributed by atoms with E-state index in [-0.39, 0.29) is 11.7 Å². The molecule has 1 aromatic heterocycles. The molecule has 0 saturated heterocycles. The van der Waals surface area contributed by atoms with Gasteiger partial charge in [-0.05, 0) is 36.3 Å². The first-order valence-corrected chi connectivity index (χ1v) is 9.65. The van der Waals surface area contributed by atoms with Gasteiger partial charge in [0.05, 0.1) is 0 Å². The van der Waals surface area contributed by atoms with Crippen molar-refractivity contribution in [1.29, 1.82) is 0 Å². The Morgan fingerprint density at radius 3 is 2.62 bits per heavy atom. The number of hydrogen-bond acceptors (Lipinski definition) is 5. The van der Waals surface area contributed by atoms with Crippen molar-refractivity contribution in [2.75, 3.05) is 5.32 Å². The van der Waals surface area contributed by atoms with Crippen LogP contribution in [-0.4, -0.2) is 16.1 Å². The number of aryl methyl sites for hydroxylation is 1. The van der Waals surface area contributed by atoms with Gasteiger partial charge in [-0.3, -0.25) is 10.1 Å². The first-order valence-electron chi connectivity index (χ1n) is 7.85. The number of aromatic nitrogens is 2. The summed E-state index contributed by atoms with van der Waals surface area (Å²) < 4.78 is 13.6. The van der Waals surface area contributed by atoms with Gasteiger partial charge in [-0.1, -0.05) is 65.1 Å².